The van der Waals surface area contributed by atoms with Gasteiger partial charge in [-0.05, 0) is 93.7 Å². The zero-order valence-electron chi connectivity index (χ0n) is 23.4. The molecule has 2 aromatic rings. The molecule has 4 rings (SSSR count). The maximum atomic E-state index is 13.4. The summed E-state index contributed by atoms with van der Waals surface area (Å²) in [5, 5.41) is 3.29. The monoisotopic (exact) mass is 533 g/mol. The molecule has 8 nitrogen and oxygen atoms in total. The van der Waals surface area contributed by atoms with Gasteiger partial charge in [-0.2, -0.15) is 0 Å². The Morgan fingerprint density at radius 2 is 1.97 bits per heavy atom. The molecule has 210 valence electrons. The number of aromatic nitrogens is 1. The number of likely N-dealkylation sites (tertiary alicyclic amines) is 1. The molecule has 1 aliphatic carbocycles. The van der Waals surface area contributed by atoms with Crippen LogP contribution < -0.4 is 11.1 Å². The summed E-state index contributed by atoms with van der Waals surface area (Å²) >= 11 is 0. The van der Waals surface area contributed by atoms with Gasteiger partial charge in [-0.1, -0.05) is 26.7 Å². The van der Waals surface area contributed by atoms with E-state index in [0.717, 1.165) is 75.8 Å². The van der Waals surface area contributed by atoms with Crippen molar-refractivity contribution in [1.29, 1.82) is 0 Å². The molecule has 1 saturated carbocycles. The maximum absolute atomic E-state index is 13.4. The summed E-state index contributed by atoms with van der Waals surface area (Å²) in [5.41, 5.74) is 7.23. The summed E-state index contributed by atoms with van der Waals surface area (Å²) in [6.07, 6.45) is 14.3. The van der Waals surface area contributed by atoms with E-state index in [-0.39, 0.29) is 23.3 Å². The van der Waals surface area contributed by atoms with E-state index in [9.17, 15) is 9.59 Å². The molecule has 1 saturated heterocycles. The zero-order chi connectivity index (χ0) is 27.7. The van der Waals surface area contributed by atoms with E-state index in [1.54, 1.807) is 18.5 Å². The van der Waals surface area contributed by atoms with Crippen LogP contribution in [-0.4, -0.2) is 47.4 Å². The largest absolute Gasteiger partial charge is 0.438 e. The number of Topliss-reactive ketones (excluding diaryl/α,β-unsaturated/α-hetero) is 1. The predicted octanol–water partition coefficient (Wildman–Crippen LogP) is 5.73. The van der Waals surface area contributed by atoms with Gasteiger partial charge in [-0.25, -0.2) is 4.98 Å². The Kier molecular flexibility index (Phi) is 10.1. The quantitative estimate of drug-likeness (QED) is 0.237. The van der Waals surface area contributed by atoms with Crippen molar-refractivity contribution in [1.82, 2.24) is 15.2 Å². The van der Waals surface area contributed by atoms with Crippen LogP contribution >= 0.6 is 0 Å². The molecule has 2 heterocycles. The Hall–Kier alpha value is -3.26. The lowest BCUT2D eigenvalue weighted by molar-refractivity contribution is -0.124. The highest BCUT2D eigenvalue weighted by atomic mass is 16.4. The standard InChI is InChI=1S/C31H43N5O3/c1-3-25(37)9-6-5-7-10-27(35-29(38)26-21-31(26)15-19-36(4-2)20-16-31)30-34-22-28(39-30)23-11-13-24(14-12-23)33-18-8-17-32/h8,11-14,17-18,22,26-27H,3-7,9-10,15-16,19-21,32H2,1-2H3,(H,35,38)/b17-8-,33-18?/t26-,27+/m1/s1. The van der Waals surface area contributed by atoms with Crippen LogP contribution in [0, 0.1) is 11.3 Å². The van der Waals surface area contributed by atoms with Gasteiger partial charge in [0.2, 0.25) is 11.8 Å². The molecule has 2 aliphatic rings. The van der Waals surface area contributed by atoms with Gasteiger partial charge >= 0.3 is 0 Å². The predicted molar refractivity (Wildman–Crippen MR) is 155 cm³/mol. The molecule has 1 aromatic carbocycles. The SMILES string of the molecule is CCC(=O)CCCCC[C@H](NC(=O)[C@H]1CC12CCN(CC)CC2)c1ncc(-c2ccc(N=C/C=C\N)cc2)o1. The first kappa shape index (κ1) is 28.7. The van der Waals surface area contributed by atoms with Crippen molar-refractivity contribution >= 4 is 23.6 Å². The van der Waals surface area contributed by atoms with E-state index in [1.807, 2.05) is 31.2 Å². The molecule has 0 radical (unpaired) electrons. The smallest absolute Gasteiger partial charge is 0.224 e. The molecule has 3 N–H and O–H groups in total. The number of nitrogens with two attached hydrogens (primary N) is 1. The average Bonchev–Trinajstić information content (AvgIpc) is 3.43. The van der Waals surface area contributed by atoms with Gasteiger partial charge in [0.1, 0.15) is 11.8 Å². The van der Waals surface area contributed by atoms with E-state index in [0.29, 0.717) is 30.3 Å². The van der Waals surface area contributed by atoms with Crippen LogP contribution in [0.2, 0.25) is 0 Å². The third-order valence-corrected chi connectivity index (χ3v) is 8.36. The molecule has 2 atom stereocenters. The number of nitrogens with zero attached hydrogens (tertiary/aromatic N) is 3. The summed E-state index contributed by atoms with van der Waals surface area (Å²) in [6, 6.07) is 7.42. The summed E-state index contributed by atoms with van der Waals surface area (Å²) < 4.78 is 6.20. The number of allylic oxidation sites excluding steroid dienone is 1. The van der Waals surface area contributed by atoms with Gasteiger partial charge in [0, 0.05) is 30.5 Å². The van der Waals surface area contributed by atoms with Crippen LogP contribution in [0.5, 0.6) is 0 Å². The highest BCUT2D eigenvalue weighted by Crippen LogP contribution is 2.59. The van der Waals surface area contributed by atoms with Gasteiger partial charge in [-0.3, -0.25) is 14.6 Å². The summed E-state index contributed by atoms with van der Waals surface area (Å²) in [4.78, 5) is 36.4. The average molecular weight is 534 g/mol. The van der Waals surface area contributed by atoms with Crippen molar-refractivity contribution in [3.8, 4) is 11.3 Å². The van der Waals surface area contributed by atoms with Crippen LogP contribution in [-0.2, 0) is 9.59 Å². The van der Waals surface area contributed by atoms with Gasteiger partial charge < -0.3 is 20.4 Å². The molecule has 8 heteroatoms. The molecular formula is C31H43N5O3. The fraction of sp³-hybridized carbons (Fsp3) is 0.548. The van der Waals surface area contributed by atoms with Crippen molar-refractivity contribution in [2.24, 2.45) is 22.1 Å². The number of unbranched alkanes of at least 4 members (excludes halogenated alkanes) is 2. The number of oxazole rings is 1. The molecule has 0 bridgehead atoms. The number of hydrogen-bond donors (Lipinski definition) is 2. The van der Waals surface area contributed by atoms with Crippen molar-refractivity contribution in [3.63, 3.8) is 0 Å². The zero-order valence-corrected chi connectivity index (χ0v) is 23.4. The van der Waals surface area contributed by atoms with Gasteiger partial charge in [0.05, 0.1) is 11.9 Å². The fourth-order valence-electron chi connectivity index (χ4n) is 5.61. The molecule has 1 aliphatic heterocycles. The second-order valence-corrected chi connectivity index (χ2v) is 10.9. The fourth-order valence-corrected chi connectivity index (χ4v) is 5.61. The van der Waals surface area contributed by atoms with Gasteiger partial charge in [0.25, 0.3) is 0 Å². The van der Waals surface area contributed by atoms with Crippen LogP contribution in [0.25, 0.3) is 11.3 Å². The topological polar surface area (TPSA) is 114 Å². The lowest BCUT2D eigenvalue weighted by Gasteiger charge is -2.32. The first-order chi connectivity index (χ1) is 19.0. The maximum Gasteiger partial charge on any atom is 0.224 e. The number of aliphatic imine (C=N–C) groups is 1. The lowest BCUT2D eigenvalue weighted by atomic mass is 9.90. The Labute approximate surface area is 232 Å². The minimum absolute atomic E-state index is 0.0813. The van der Waals surface area contributed by atoms with Crippen molar-refractivity contribution in [2.75, 3.05) is 19.6 Å². The minimum atomic E-state index is -0.284. The number of rotatable bonds is 14. The number of piperidine rings is 1. The Balaban J connectivity index is 1.40. The second-order valence-electron chi connectivity index (χ2n) is 10.9. The second kappa shape index (κ2) is 13.7. The lowest BCUT2D eigenvalue weighted by Crippen LogP contribution is -2.37. The first-order valence-corrected chi connectivity index (χ1v) is 14.5. The minimum Gasteiger partial charge on any atom is -0.438 e. The van der Waals surface area contributed by atoms with Crippen molar-refractivity contribution in [3.05, 3.63) is 48.6 Å². The van der Waals surface area contributed by atoms with Crippen LogP contribution in [0.3, 0.4) is 0 Å². The molecular weight excluding hydrogens is 490 g/mol. The van der Waals surface area contributed by atoms with E-state index in [2.05, 4.69) is 27.1 Å². The first-order valence-electron chi connectivity index (χ1n) is 14.5. The number of ketones is 1. The van der Waals surface area contributed by atoms with Crippen LogP contribution in [0.1, 0.15) is 83.6 Å². The third-order valence-electron chi connectivity index (χ3n) is 8.36. The number of hydrogen-bond acceptors (Lipinski definition) is 7. The van der Waals surface area contributed by atoms with E-state index < -0.39 is 0 Å². The Morgan fingerprint density at radius 3 is 2.67 bits per heavy atom. The van der Waals surface area contributed by atoms with Gasteiger partial charge in [-0.15, -0.1) is 0 Å². The highest BCUT2D eigenvalue weighted by molar-refractivity contribution is 5.83. The number of carbonyl (C=O) groups is 2. The molecule has 39 heavy (non-hydrogen) atoms. The molecule has 0 unspecified atom stereocenters. The number of amides is 1. The Bertz CT molecular complexity index is 1150. The van der Waals surface area contributed by atoms with Gasteiger partial charge in [0.15, 0.2) is 5.76 Å². The van der Waals surface area contributed by atoms with E-state index in [4.69, 9.17) is 10.2 Å². The summed E-state index contributed by atoms with van der Waals surface area (Å²) in [7, 11) is 0. The summed E-state index contributed by atoms with van der Waals surface area (Å²) in [6.45, 7) is 7.34. The van der Waals surface area contributed by atoms with E-state index in [1.165, 1.54) is 6.20 Å². The molecule has 1 amide bonds. The van der Waals surface area contributed by atoms with Crippen molar-refractivity contribution < 1.29 is 14.0 Å². The molecule has 1 spiro atoms. The molecule has 1 aromatic heterocycles. The number of benzene rings is 1. The number of carbonyl (C=O) groups excluding carboxylic acids is 2. The van der Waals surface area contributed by atoms with E-state index >= 15 is 0 Å². The summed E-state index contributed by atoms with van der Waals surface area (Å²) in [5.74, 6) is 1.70. The van der Waals surface area contributed by atoms with Crippen LogP contribution in [0.4, 0.5) is 5.69 Å². The normalized spacial score (nSPS) is 19.6. The van der Waals surface area contributed by atoms with Crippen molar-refractivity contribution in [2.45, 2.75) is 77.7 Å². The third kappa shape index (κ3) is 7.66. The molecule has 2 fully saturated rings. The highest BCUT2D eigenvalue weighted by Gasteiger charge is 2.58. The Morgan fingerprint density at radius 1 is 1.21 bits per heavy atom. The number of nitrogens with one attached hydrogen (secondary N) is 1. The van der Waals surface area contributed by atoms with Crippen LogP contribution in [0.15, 0.2) is 52.1 Å².